The Morgan fingerprint density at radius 2 is 1.71 bits per heavy atom. The van der Waals surface area contributed by atoms with E-state index in [1.54, 1.807) is 18.9 Å². The topological polar surface area (TPSA) is 95.2 Å². The molecule has 0 spiro atoms. The van der Waals surface area contributed by atoms with Crippen LogP contribution in [0.1, 0.15) is 18.0 Å². The number of nitrogens with two attached hydrogens (primary N) is 1. The summed E-state index contributed by atoms with van der Waals surface area (Å²) in [6, 6.07) is 17.2. The van der Waals surface area contributed by atoms with Crippen molar-refractivity contribution in [2.75, 3.05) is 30.5 Å². The second kappa shape index (κ2) is 9.80. The number of hydrogen-bond donors (Lipinski definition) is 2. The van der Waals surface area contributed by atoms with Crippen molar-refractivity contribution in [2.45, 2.75) is 12.2 Å². The van der Waals surface area contributed by atoms with Gasteiger partial charge in [-0.05, 0) is 43.3 Å². The van der Waals surface area contributed by atoms with Crippen molar-refractivity contribution < 1.29 is 9.47 Å². The van der Waals surface area contributed by atoms with Crippen molar-refractivity contribution >= 4 is 29.3 Å². The maximum absolute atomic E-state index is 5.86. The van der Waals surface area contributed by atoms with E-state index < -0.39 is 0 Å². The summed E-state index contributed by atoms with van der Waals surface area (Å²) in [5.41, 5.74) is 6.75. The summed E-state index contributed by atoms with van der Waals surface area (Å²) in [7, 11) is 1.64. The highest BCUT2D eigenvalue weighted by molar-refractivity contribution is 7.99. The van der Waals surface area contributed by atoms with Crippen LogP contribution in [-0.2, 0) is 0 Å². The molecular formula is C20H23N5O2S. The van der Waals surface area contributed by atoms with Crippen LogP contribution in [0.3, 0.4) is 0 Å². The number of thioether (sulfide) groups is 1. The molecule has 0 saturated heterocycles. The second-order valence-electron chi connectivity index (χ2n) is 5.90. The molecule has 146 valence electrons. The Labute approximate surface area is 168 Å². The number of nitrogen functional groups attached to an aromatic ring is 1. The predicted octanol–water partition coefficient (Wildman–Crippen LogP) is 4.08. The fourth-order valence-corrected chi connectivity index (χ4v) is 3.22. The van der Waals surface area contributed by atoms with Crippen LogP contribution in [0.2, 0.25) is 0 Å². The number of anilines is 3. The van der Waals surface area contributed by atoms with Crippen LogP contribution in [0.15, 0.2) is 54.6 Å². The number of ether oxygens (including phenoxy) is 2. The molecule has 0 aliphatic rings. The predicted molar refractivity (Wildman–Crippen MR) is 113 cm³/mol. The van der Waals surface area contributed by atoms with Gasteiger partial charge in [0.15, 0.2) is 0 Å². The quantitative estimate of drug-likeness (QED) is 0.522. The third-order valence-corrected chi connectivity index (χ3v) is 4.96. The summed E-state index contributed by atoms with van der Waals surface area (Å²) in [4.78, 5) is 12.9. The van der Waals surface area contributed by atoms with Gasteiger partial charge in [0.2, 0.25) is 11.9 Å². The number of nitrogens with one attached hydrogen (secondary N) is 1. The average Bonchev–Trinajstić information content (AvgIpc) is 2.72. The van der Waals surface area contributed by atoms with E-state index in [1.165, 1.54) is 0 Å². The zero-order valence-corrected chi connectivity index (χ0v) is 16.6. The number of rotatable bonds is 9. The lowest BCUT2D eigenvalue weighted by Crippen LogP contribution is -2.09. The highest BCUT2D eigenvalue weighted by Gasteiger charge is 2.13. The standard InChI is InChI=1S/C20H23N5O2S/c1-14(28-13-12-27-17-10-8-16(26-2)9-11-17)18-23-19(21)25-20(24-18)22-15-6-4-3-5-7-15/h3-11,14H,12-13H2,1-2H3,(H3,21,22,23,24,25)/t14-/m0/s1. The molecule has 7 nitrogen and oxygen atoms in total. The smallest absolute Gasteiger partial charge is 0.232 e. The molecule has 3 rings (SSSR count). The Kier molecular flexibility index (Phi) is 6.91. The largest absolute Gasteiger partial charge is 0.497 e. The van der Waals surface area contributed by atoms with Gasteiger partial charge in [0.1, 0.15) is 17.3 Å². The van der Waals surface area contributed by atoms with Crippen molar-refractivity contribution in [2.24, 2.45) is 0 Å². The summed E-state index contributed by atoms with van der Waals surface area (Å²) in [6.07, 6.45) is 0. The van der Waals surface area contributed by atoms with Gasteiger partial charge in [0.25, 0.3) is 0 Å². The summed E-state index contributed by atoms with van der Waals surface area (Å²) >= 11 is 1.69. The Balaban J connectivity index is 1.52. The van der Waals surface area contributed by atoms with Crippen molar-refractivity contribution in [3.05, 3.63) is 60.4 Å². The van der Waals surface area contributed by atoms with E-state index in [4.69, 9.17) is 15.2 Å². The van der Waals surface area contributed by atoms with Gasteiger partial charge in [0.05, 0.1) is 19.0 Å². The molecule has 2 aromatic carbocycles. The van der Waals surface area contributed by atoms with Crippen LogP contribution < -0.4 is 20.5 Å². The highest BCUT2D eigenvalue weighted by atomic mass is 32.2. The normalized spacial score (nSPS) is 11.6. The molecule has 3 aromatic rings. The molecule has 0 fully saturated rings. The summed E-state index contributed by atoms with van der Waals surface area (Å²) in [6.45, 7) is 2.62. The van der Waals surface area contributed by atoms with E-state index in [0.29, 0.717) is 18.4 Å². The van der Waals surface area contributed by atoms with Gasteiger partial charge >= 0.3 is 0 Å². The van der Waals surface area contributed by atoms with Crippen molar-refractivity contribution in [3.63, 3.8) is 0 Å². The van der Waals surface area contributed by atoms with Crippen LogP contribution in [0, 0.1) is 0 Å². The number of para-hydroxylation sites is 1. The minimum absolute atomic E-state index is 0.0566. The van der Waals surface area contributed by atoms with Crippen molar-refractivity contribution in [1.29, 1.82) is 0 Å². The number of benzene rings is 2. The lowest BCUT2D eigenvalue weighted by Gasteiger charge is -2.13. The van der Waals surface area contributed by atoms with Gasteiger partial charge in [0, 0.05) is 11.4 Å². The minimum atomic E-state index is 0.0566. The lowest BCUT2D eigenvalue weighted by atomic mass is 10.3. The van der Waals surface area contributed by atoms with Crippen molar-refractivity contribution in [1.82, 2.24) is 15.0 Å². The molecule has 0 aliphatic heterocycles. The van der Waals surface area contributed by atoms with E-state index in [-0.39, 0.29) is 11.2 Å². The lowest BCUT2D eigenvalue weighted by molar-refractivity contribution is 0.342. The second-order valence-corrected chi connectivity index (χ2v) is 7.35. The molecule has 1 aromatic heterocycles. The molecular weight excluding hydrogens is 374 g/mol. The van der Waals surface area contributed by atoms with E-state index in [2.05, 4.69) is 20.3 Å². The zero-order chi connectivity index (χ0) is 19.8. The maximum atomic E-state index is 5.86. The van der Waals surface area contributed by atoms with Crippen molar-refractivity contribution in [3.8, 4) is 11.5 Å². The summed E-state index contributed by atoms with van der Waals surface area (Å²) in [5.74, 6) is 3.69. The molecule has 0 bridgehead atoms. The average molecular weight is 398 g/mol. The first kappa shape index (κ1) is 19.8. The fraction of sp³-hybridized carbons (Fsp3) is 0.250. The molecule has 0 unspecified atom stereocenters. The maximum Gasteiger partial charge on any atom is 0.232 e. The molecule has 0 radical (unpaired) electrons. The Morgan fingerprint density at radius 1 is 1.00 bits per heavy atom. The fourth-order valence-electron chi connectivity index (χ4n) is 2.43. The highest BCUT2D eigenvalue weighted by Crippen LogP contribution is 2.27. The first-order valence-electron chi connectivity index (χ1n) is 8.86. The van der Waals surface area contributed by atoms with Crippen LogP contribution in [0.5, 0.6) is 11.5 Å². The molecule has 0 saturated carbocycles. The third kappa shape index (κ3) is 5.75. The van der Waals surface area contributed by atoms with Gasteiger partial charge in [-0.3, -0.25) is 0 Å². The number of nitrogens with zero attached hydrogens (tertiary/aromatic N) is 3. The minimum Gasteiger partial charge on any atom is -0.497 e. The monoisotopic (exact) mass is 397 g/mol. The Hall–Kier alpha value is -3.00. The van der Waals surface area contributed by atoms with E-state index >= 15 is 0 Å². The van der Waals surface area contributed by atoms with Gasteiger partial charge < -0.3 is 20.5 Å². The number of hydrogen-bond acceptors (Lipinski definition) is 8. The number of methoxy groups -OCH3 is 1. The molecule has 0 amide bonds. The van der Waals surface area contributed by atoms with E-state index in [1.807, 2.05) is 61.5 Å². The van der Waals surface area contributed by atoms with Gasteiger partial charge in [-0.1, -0.05) is 18.2 Å². The molecule has 8 heteroatoms. The first-order chi connectivity index (χ1) is 13.6. The van der Waals surface area contributed by atoms with Gasteiger partial charge in [-0.15, -0.1) is 11.8 Å². The summed E-state index contributed by atoms with van der Waals surface area (Å²) in [5, 5.41) is 3.21. The zero-order valence-electron chi connectivity index (χ0n) is 15.8. The molecule has 1 heterocycles. The molecule has 1 atom stereocenters. The van der Waals surface area contributed by atoms with Crippen LogP contribution >= 0.6 is 11.8 Å². The van der Waals surface area contributed by atoms with Gasteiger partial charge in [-0.2, -0.15) is 15.0 Å². The Morgan fingerprint density at radius 3 is 2.43 bits per heavy atom. The molecule has 3 N–H and O–H groups in total. The summed E-state index contributed by atoms with van der Waals surface area (Å²) < 4.78 is 10.9. The third-order valence-electron chi connectivity index (χ3n) is 3.84. The molecule has 28 heavy (non-hydrogen) atoms. The number of aromatic nitrogens is 3. The van der Waals surface area contributed by atoms with Crippen LogP contribution in [-0.4, -0.2) is 34.4 Å². The van der Waals surface area contributed by atoms with E-state index in [0.717, 1.165) is 22.9 Å². The van der Waals surface area contributed by atoms with E-state index in [9.17, 15) is 0 Å². The SMILES string of the molecule is COc1ccc(OCCS[C@@H](C)c2nc(N)nc(Nc3ccccc3)n2)cc1. The van der Waals surface area contributed by atoms with Gasteiger partial charge in [-0.25, -0.2) is 0 Å². The molecule has 0 aliphatic carbocycles. The first-order valence-corrected chi connectivity index (χ1v) is 9.91. The Bertz CT molecular complexity index is 878. The van der Waals surface area contributed by atoms with Crippen LogP contribution in [0.4, 0.5) is 17.6 Å². The van der Waals surface area contributed by atoms with Crippen LogP contribution in [0.25, 0.3) is 0 Å².